The van der Waals surface area contributed by atoms with Gasteiger partial charge in [0.05, 0.1) is 0 Å². The lowest BCUT2D eigenvalue weighted by Gasteiger charge is -2.15. The molecule has 1 aliphatic heterocycles. The van der Waals surface area contributed by atoms with E-state index in [0.29, 0.717) is 11.6 Å². The van der Waals surface area contributed by atoms with E-state index in [0.717, 1.165) is 4.90 Å². The van der Waals surface area contributed by atoms with E-state index < -0.39 is 23.4 Å². The lowest BCUT2D eigenvalue weighted by atomic mass is 10.0. The summed E-state index contributed by atoms with van der Waals surface area (Å²) in [5, 5.41) is 5.23. The Kier molecular flexibility index (Phi) is 4.21. The van der Waals surface area contributed by atoms with Crippen LogP contribution >= 0.6 is 0 Å². The summed E-state index contributed by atoms with van der Waals surface area (Å²) in [5.74, 6) is -0.390. The third kappa shape index (κ3) is 3.27. The van der Waals surface area contributed by atoms with Crippen molar-refractivity contribution < 1.29 is 14.4 Å². The van der Waals surface area contributed by atoms with E-state index in [4.69, 9.17) is 0 Å². The van der Waals surface area contributed by atoms with Gasteiger partial charge in [-0.3, -0.25) is 14.5 Å². The summed E-state index contributed by atoms with van der Waals surface area (Å²) in [6.45, 7) is 7.10. The first kappa shape index (κ1) is 16.0. The molecule has 118 valence electrons. The predicted molar refractivity (Wildman–Crippen MR) is 83.5 cm³/mol. The van der Waals surface area contributed by atoms with Gasteiger partial charge in [-0.15, -0.1) is 0 Å². The van der Waals surface area contributed by atoms with Crippen LogP contribution in [0.2, 0.25) is 0 Å². The number of nitrogens with zero attached hydrogens (tertiary/aromatic N) is 1. The molecular formula is C16H21N3O3. The lowest BCUT2D eigenvalue weighted by molar-refractivity contribution is -0.132. The minimum absolute atomic E-state index is 0.292. The van der Waals surface area contributed by atoms with Gasteiger partial charge in [0.1, 0.15) is 12.1 Å². The van der Waals surface area contributed by atoms with Crippen molar-refractivity contribution in [2.45, 2.75) is 39.2 Å². The average molecular weight is 303 g/mol. The van der Waals surface area contributed by atoms with Crippen molar-refractivity contribution in [2.24, 2.45) is 0 Å². The zero-order valence-electron chi connectivity index (χ0n) is 13.3. The number of hydrogen-bond acceptors (Lipinski definition) is 3. The van der Waals surface area contributed by atoms with Gasteiger partial charge in [0.2, 0.25) is 5.91 Å². The molecule has 2 N–H and O–H groups in total. The average Bonchev–Trinajstić information content (AvgIpc) is 2.61. The highest BCUT2D eigenvalue weighted by Gasteiger charge is 2.44. The Balaban J connectivity index is 1.99. The minimum Gasteiger partial charge on any atom is -0.325 e. The molecule has 0 radical (unpaired) electrons. The molecule has 4 amide bonds. The molecule has 22 heavy (non-hydrogen) atoms. The third-order valence-electron chi connectivity index (χ3n) is 3.61. The molecule has 0 aromatic heterocycles. The van der Waals surface area contributed by atoms with Gasteiger partial charge in [0.15, 0.2) is 0 Å². The maximum atomic E-state index is 12.0. The van der Waals surface area contributed by atoms with E-state index in [-0.39, 0.29) is 6.54 Å². The first-order valence-electron chi connectivity index (χ1n) is 7.24. The van der Waals surface area contributed by atoms with E-state index in [1.54, 1.807) is 13.8 Å². The highest BCUT2D eigenvalue weighted by molar-refractivity contribution is 6.09. The monoisotopic (exact) mass is 303 g/mol. The number of hydrogen-bond donors (Lipinski definition) is 2. The Bertz CT molecular complexity index is 606. The summed E-state index contributed by atoms with van der Waals surface area (Å²) in [6, 6.07) is 6.96. The molecular weight excluding hydrogens is 282 g/mol. The van der Waals surface area contributed by atoms with E-state index >= 15 is 0 Å². The Hall–Kier alpha value is -2.37. The Morgan fingerprint density at radius 3 is 2.27 bits per heavy atom. The molecule has 0 bridgehead atoms. The topological polar surface area (TPSA) is 78.5 Å². The molecule has 1 fully saturated rings. The zero-order valence-corrected chi connectivity index (χ0v) is 13.3. The van der Waals surface area contributed by atoms with E-state index in [1.807, 2.05) is 24.3 Å². The van der Waals surface area contributed by atoms with Crippen LogP contribution in [0.1, 0.15) is 39.2 Å². The van der Waals surface area contributed by atoms with Gasteiger partial charge >= 0.3 is 6.03 Å². The molecule has 1 aliphatic rings. The smallest absolute Gasteiger partial charge is 0.325 e. The fraction of sp³-hybridized carbons (Fsp3) is 0.438. The van der Waals surface area contributed by atoms with Crippen LogP contribution in [0.3, 0.4) is 0 Å². The number of urea groups is 1. The van der Waals surface area contributed by atoms with E-state index in [9.17, 15) is 14.4 Å². The van der Waals surface area contributed by atoms with Crippen LogP contribution in [0.15, 0.2) is 24.3 Å². The maximum absolute atomic E-state index is 12.0. The fourth-order valence-electron chi connectivity index (χ4n) is 2.26. The van der Waals surface area contributed by atoms with Crippen molar-refractivity contribution >= 4 is 23.5 Å². The van der Waals surface area contributed by atoms with Crippen LogP contribution in [-0.4, -0.2) is 34.8 Å². The molecule has 0 aliphatic carbocycles. The van der Waals surface area contributed by atoms with Crippen LogP contribution in [0.25, 0.3) is 0 Å². The maximum Gasteiger partial charge on any atom is 0.325 e. The van der Waals surface area contributed by atoms with Crippen molar-refractivity contribution in [3.05, 3.63) is 29.8 Å². The van der Waals surface area contributed by atoms with Crippen molar-refractivity contribution in [3.63, 3.8) is 0 Å². The predicted octanol–water partition coefficient (Wildman–Crippen LogP) is 2.08. The number of rotatable bonds is 4. The zero-order chi connectivity index (χ0) is 16.5. The van der Waals surface area contributed by atoms with Crippen molar-refractivity contribution in [1.82, 2.24) is 10.2 Å². The molecule has 1 aromatic carbocycles. The molecule has 1 heterocycles. The number of benzene rings is 1. The van der Waals surface area contributed by atoms with Gasteiger partial charge in [-0.25, -0.2) is 4.79 Å². The number of carbonyl (C=O) groups excluding carboxylic acids is 3. The molecule has 1 saturated heterocycles. The van der Waals surface area contributed by atoms with Gasteiger partial charge in [0, 0.05) is 5.69 Å². The van der Waals surface area contributed by atoms with Crippen molar-refractivity contribution in [3.8, 4) is 0 Å². The second-order valence-electron chi connectivity index (χ2n) is 6.27. The molecule has 6 heteroatoms. The molecule has 0 atom stereocenters. The molecule has 2 rings (SSSR count). The molecule has 6 nitrogen and oxygen atoms in total. The summed E-state index contributed by atoms with van der Waals surface area (Å²) < 4.78 is 0. The summed E-state index contributed by atoms with van der Waals surface area (Å²) in [4.78, 5) is 36.7. The second-order valence-corrected chi connectivity index (χ2v) is 6.27. The second kappa shape index (κ2) is 5.79. The summed E-state index contributed by atoms with van der Waals surface area (Å²) in [7, 11) is 0. The SMILES string of the molecule is CC(C)c1ccc(NC(=O)CN2C(=O)NC(C)(C)C2=O)cc1. The Labute approximate surface area is 129 Å². The highest BCUT2D eigenvalue weighted by Crippen LogP contribution is 2.18. The Morgan fingerprint density at radius 2 is 1.82 bits per heavy atom. The van der Waals surface area contributed by atoms with E-state index in [1.165, 1.54) is 5.56 Å². The minimum atomic E-state index is -0.962. The number of imide groups is 1. The van der Waals surface area contributed by atoms with Gasteiger partial charge in [-0.2, -0.15) is 0 Å². The van der Waals surface area contributed by atoms with Gasteiger partial charge < -0.3 is 10.6 Å². The number of amides is 4. The van der Waals surface area contributed by atoms with Crippen molar-refractivity contribution in [2.75, 3.05) is 11.9 Å². The number of anilines is 1. The van der Waals surface area contributed by atoms with Crippen LogP contribution in [0.4, 0.5) is 10.5 Å². The standard InChI is InChI=1S/C16H21N3O3/c1-10(2)11-5-7-12(8-6-11)17-13(20)9-19-14(21)16(3,4)18-15(19)22/h5-8,10H,9H2,1-4H3,(H,17,20)(H,18,22). The van der Waals surface area contributed by atoms with Gasteiger partial charge in [-0.1, -0.05) is 26.0 Å². The van der Waals surface area contributed by atoms with Crippen LogP contribution in [0.5, 0.6) is 0 Å². The largest absolute Gasteiger partial charge is 0.325 e. The van der Waals surface area contributed by atoms with Crippen LogP contribution in [0, 0.1) is 0 Å². The number of nitrogens with one attached hydrogen (secondary N) is 2. The first-order valence-corrected chi connectivity index (χ1v) is 7.24. The van der Waals surface area contributed by atoms with Gasteiger partial charge in [-0.05, 0) is 37.5 Å². The quantitative estimate of drug-likeness (QED) is 0.836. The highest BCUT2D eigenvalue weighted by atomic mass is 16.2. The summed E-state index contributed by atoms with van der Waals surface area (Å²) in [6.07, 6.45) is 0. The Morgan fingerprint density at radius 1 is 1.23 bits per heavy atom. The summed E-state index contributed by atoms with van der Waals surface area (Å²) in [5.41, 5.74) is 0.852. The molecule has 0 spiro atoms. The summed E-state index contributed by atoms with van der Waals surface area (Å²) >= 11 is 0. The number of carbonyl (C=O) groups is 3. The fourth-order valence-corrected chi connectivity index (χ4v) is 2.26. The third-order valence-corrected chi connectivity index (χ3v) is 3.61. The van der Waals surface area contributed by atoms with Crippen LogP contribution in [-0.2, 0) is 9.59 Å². The molecule has 0 unspecified atom stereocenters. The molecule has 1 aromatic rings. The van der Waals surface area contributed by atoms with E-state index in [2.05, 4.69) is 24.5 Å². The normalized spacial score (nSPS) is 16.9. The first-order chi connectivity index (χ1) is 10.2. The van der Waals surface area contributed by atoms with Crippen molar-refractivity contribution in [1.29, 1.82) is 0 Å². The van der Waals surface area contributed by atoms with Crippen LogP contribution < -0.4 is 10.6 Å². The molecule has 0 saturated carbocycles. The lowest BCUT2D eigenvalue weighted by Crippen LogP contribution is -2.41. The van der Waals surface area contributed by atoms with Gasteiger partial charge in [0.25, 0.3) is 5.91 Å².